The minimum atomic E-state index is 0.181. The second-order valence-electron chi connectivity index (χ2n) is 5.00. The molecule has 1 fully saturated rings. The van der Waals surface area contributed by atoms with Crippen molar-refractivity contribution in [2.24, 2.45) is 11.8 Å². The molecule has 1 aliphatic rings. The van der Waals surface area contributed by atoms with Crippen molar-refractivity contribution in [3.8, 4) is 0 Å². The number of piperidine rings is 1. The van der Waals surface area contributed by atoms with Crippen LogP contribution in [0, 0.1) is 15.4 Å². The summed E-state index contributed by atoms with van der Waals surface area (Å²) in [6.07, 6.45) is 1.12. The van der Waals surface area contributed by atoms with Gasteiger partial charge in [0, 0.05) is 22.2 Å². The molecule has 1 aromatic rings. The molecule has 0 radical (unpaired) electrons. The van der Waals surface area contributed by atoms with Crippen LogP contribution >= 0.6 is 22.6 Å². The first-order valence-electron chi connectivity index (χ1n) is 6.13. The highest BCUT2D eigenvalue weighted by Gasteiger charge is 2.26. The Morgan fingerprint density at radius 3 is 2.47 bits per heavy atom. The highest BCUT2D eigenvalue weighted by molar-refractivity contribution is 14.1. The quantitative estimate of drug-likeness (QED) is 0.716. The number of rotatable bonds is 1. The lowest BCUT2D eigenvalue weighted by molar-refractivity contribution is 0.0627. The molecule has 1 heterocycles. The average Bonchev–Trinajstić information content (AvgIpc) is 2.33. The summed E-state index contributed by atoms with van der Waals surface area (Å²) in [6.45, 7) is 6.30. The monoisotopic (exact) mass is 343 g/mol. The fraction of sp³-hybridized carbons (Fsp3) is 0.500. The lowest BCUT2D eigenvalue weighted by Crippen LogP contribution is -2.42. The molecule has 1 saturated heterocycles. The molecule has 2 unspecified atom stereocenters. The fourth-order valence-corrected chi connectivity index (χ4v) is 2.58. The molecule has 3 heteroatoms. The van der Waals surface area contributed by atoms with Gasteiger partial charge in [0.15, 0.2) is 0 Å². The Morgan fingerprint density at radius 2 is 1.88 bits per heavy atom. The Labute approximate surface area is 117 Å². The van der Waals surface area contributed by atoms with Crippen LogP contribution in [0.3, 0.4) is 0 Å². The maximum Gasteiger partial charge on any atom is 0.253 e. The maximum absolute atomic E-state index is 12.3. The van der Waals surface area contributed by atoms with E-state index >= 15 is 0 Å². The minimum absolute atomic E-state index is 0.181. The number of nitrogens with zero attached hydrogens (tertiary/aromatic N) is 1. The molecule has 0 N–H and O–H groups in total. The van der Waals surface area contributed by atoms with E-state index in [1.807, 2.05) is 29.2 Å². The van der Waals surface area contributed by atoms with Crippen LogP contribution < -0.4 is 0 Å². The molecular formula is C14H18INO. The molecule has 0 spiro atoms. The summed E-state index contributed by atoms with van der Waals surface area (Å²) < 4.78 is 1.17. The van der Waals surface area contributed by atoms with Crippen molar-refractivity contribution in [1.82, 2.24) is 4.90 Å². The van der Waals surface area contributed by atoms with E-state index in [0.717, 1.165) is 31.0 Å². The van der Waals surface area contributed by atoms with Gasteiger partial charge in [0.2, 0.25) is 0 Å². The Hall–Kier alpha value is -0.580. The normalized spacial score (nSPS) is 24.8. The number of likely N-dealkylation sites (tertiary alicyclic amines) is 1. The molecule has 0 saturated carbocycles. The van der Waals surface area contributed by atoms with Gasteiger partial charge in [-0.15, -0.1) is 0 Å². The maximum atomic E-state index is 12.3. The van der Waals surface area contributed by atoms with E-state index in [1.165, 1.54) is 3.57 Å². The van der Waals surface area contributed by atoms with E-state index in [9.17, 15) is 4.79 Å². The zero-order chi connectivity index (χ0) is 12.4. The Bertz CT molecular complexity index is 401. The molecule has 92 valence electrons. The third kappa shape index (κ3) is 3.00. The van der Waals surface area contributed by atoms with Gasteiger partial charge < -0.3 is 4.90 Å². The predicted octanol–water partition coefficient (Wildman–Crippen LogP) is 3.41. The van der Waals surface area contributed by atoms with Crippen molar-refractivity contribution >= 4 is 28.5 Å². The first-order chi connectivity index (χ1) is 8.08. The summed E-state index contributed by atoms with van der Waals surface area (Å²) >= 11 is 2.26. The first-order valence-corrected chi connectivity index (χ1v) is 7.20. The third-order valence-corrected chi connectivity index (χ3v) is 4.43. The lowest BCUT2D eigenvalue weighted by atomic mass is 9.88. The highest BCUT2D eigenvalue weighted by atomic mass is 127. The van der Waals surface area contributed by atoms with Gasteiger partial charge in [0.1, 0.15) is 0 Å². The summed E-state index contributed by atoms with van der Waals surface area (Å²) in [5.74, 6) is 1.52. The van der Waals surface area contributed by atoms with Crippen LogP contribution in [0.1, 0.15) is 30.6 Å². The Morgan fingerprint density at radius 1 is 1.24 bits per heavy atom. The van der Waals surface area contributed by atoms with Gasteiger partial charge in [0.25, 0.3) is 5.91 Å². The molecule has 2 atom stereocenters. The van der Waals surface area contributed by atoms with E-state index in [-0.39, 0.29) is 5.91 Å². The summed E-state index contributed by atoms with van der Waals surface area (Å²) in [7, 11) is 0. The van der Waals surface area contributed by atoms with E-state index < -0.39 is 0 Å². The molecule has 1 aromatic carbocycles. The largest absolute Gasteiger partial charge is 0.338 e. The van der Waals surface area contributed by atoms with Gasteiger partial charge in [-0.2, -0.15) is 0 Å². The minimum Gasteiger partial charge on any atom is -0.338 e. The lowest BCUT2D eigenvalue weighted by Gasteiger charge is -2.35. The average molecular weight is 343 g/mol. The van der Waals surface area contributed by atoms with Crippen LogP contribution in [0.5, 0.6) is 0 Å². The second kappa shape index (κ2) is 5.38. The third-order valence-electron chi connectivity index (χ3n) is 3.71. The van der Waals surface area contributed by atoms with Crippen LogP contribution in [-0.4, -0.2) is 23.9 Å². The fourth-order valence-electron chi connectivity index (χ4n) is 2.22. The van der Waals surface area contributed by atoms with Crippen molar-refractivity contribution in [3.63, 3.8) is 0 Å². The van der Waals surface area contributed by atoms with Crippen LogP contribution in [0.25, 0.3) is 0 Å². The zero-order valence-corrected chi connectivity index (χ0v) is 12.5. The molecule has 1 amide bonds. The summed E-state index contributed by atoms with van der Waals surface area (Å²) in [5, 5.41) is 0. The van der Waals surface area contributed by atoms with Gasteiger partial charge in [-0.3, -0.25) is 4.79 Å². The first kappa shape index (κ1) is 12.9. The summed E-state index contributed by atoms with van der Waals surface area (Å²) in [4.78, 5) is 14.3. The molecule has 1 aliphatic heterocycles. The van der Waals surface area contributed by atoms with Crippen molar-refractivity contribution in [3.05, 3.63) is 33.4 Å². The standard InChI is InChI=1S/C14H18INO/c1-10-7-8-16(9-11(10)2)14(17)12-3-5-13(15)6-4-12/h3-6,10-11H,7-9H2,1-2H3. The van der Waals surface area contributed by atoms with E-state index in [0.29, 0.717) is 5.92 Å². The van der Waals surface area contributed by atoms with Crippen LogP contribution in [0.4, 0.5) is 0 Å². The summed E-state index contributed by atoms with van der Waals surface area (Å²) in [5.41, 5.74) is 0.812. The highest BCUT2D eigenvalue weighted by Crippen LogP contribution is 2.23. The zero-order valence-electron chi connectivity index (χ0n) is 10.3. The molecule has 0 aromatic heterocycles. The van der Waals surface area contributed by atoms with E-state index in [2.05, 4.69) is 36.4 Å². The Kier molecular flexibility index (Phi) is 4.07. The number of benzene rings is 1. The number of halogens is 1. The topological polar surface area (TPSA) is 20.3 Å². The number of hydrogen-bond acceptors (Lipinski definition) is 1. The number of carbonyl (C=O) groups excluding carboxylic acids is 1. The second-order valence-corrected chi connectivity index (χ2v) is 6.25. The Balaban J connectivity index is 2.08. The van der Waals surface area contributed by atoms with Gasteiger partial charge in [-0.25, -0.2) is 0 Å². The number of amides is 1. The van der Waals surface area contributed by atoms with Crippen LogP contribution in [-0.2, 0) is 0 Å². The van der Waals surface area contributed by atoms with Gasteiger partial charge in [-0.05, 0) is 65.1 Å². The van der Waals surface area contributed by atoms with Gasteiger partial charge in [0.05, 0.1) is 0 Å². The SMILES string of the molecule is CC1CCN(C(=O)c2ccc(I)cc2)CC1C. The molecular weight excluding hydrogens is 325 g/mol. The van der Waals surface area contributed by atoms with Crippen LogP contribution in [0.2, 0.25) is 0 Å². The van der Waals surface area contributed by atoms with E-state index in [1.54, 1.807) is 0 Å². The van der Waals surface area contributed by atoms with Crippen LogP contribution in [0.15, 0.2) is 24.3 Å². The number of hydrogen-bond donors (Lipinski definition) is 0. The summed E-state index contributed by atoms with van der Waals surface area (Å²) in [6, 6.07) is 7.83. The molecule has 17 heavy (non-hydrogen) atoms. The van der Waals surface area contributed by atoms with E-state index in [4.69, 9.17) is 0 Å². The smallest absolute Gasteiger partial charge is 0.253 e. The van der Waals surface area contributed by atoms with Crippen molar-refractivity contribution in [2.45, 2.75) is 20.3 Å². The molecule has 0 bridgehead atoms. The van der Waals surface area contributed by atoms with Gasteiger partial charge in [-0.1, -0.05) is 13.8 Å². The number of carbonyl (C=O) groups is 1. The van der Waals surface area contributed by atoms with Crippen molar-refractivity contribution in [2.75, 3.05) is 13.1 Å². The predicted molar refractivity (Wildman–Crippen MR) is 78.0 cm³/mol. The molecule has 2 rings (SSSR count). The molecule has 0 aliphatic carbocycles. The molecule has 2 nitrogen and oxygen atoms in total. The van der Waals surface area contributed by atoms with Gasteiger partial charge >= 0.3 is 0 Å². The van der Waals surface area contributed by atoms with Crippen molar-refractivity contribution in [1.29, 1.82) is 0 Å². The van der Waals surface area contributed by atoms with Crippen molar-refractivity contribution < 1.29 is 4.79 Å².